The number of pyridine rings is 1. The smallest absolute Gasteiger partial charge is 0.126 e. The molecule has 0 saturated carbocycles. The van der Waals surface area contributed by atoms with Gasteiger partial charge in [-0.2, -0.15) is 0 Å². The number of anilines is 1. The van der Waals surface area contributed by atoms with E-state index in [1.807, 2.05) is 13.0 Å². The second-order valence-corrected chi connectivity index (χ2v) is 7.21. The van der Waals surface area contributed by atoms with Crippen molar-refractivity contribution in [2.24, 2.45) is 11.3 Å². The predicted molar refractivity (Wildman–Crippen MR) is 84.5 cm³/mol. The molecule has 1 aromatic rings. The molecular formula is C15H24BrN3. The Bertz CT molecular complexity index is 445. The van der Waals surface area contributed by atoms with E-state index in [0.29, 0.717) is 5.41 Å². The summed E-state index contributed by atoms with van der Waals surface area (Å²) in [5.74, 6) is 1.74. The van der Waals surface area contributed by atoms with Crippen LogP contribution in [0, 0.1) is 18.3 Å². The van der Waals surface area contributed by atoms with E-state index < -0.39 is 0 Å². The zero-order valence-electron chi connectivity index (χ0n) is 12.3. The van der Waals surface area contributed by atoms with Crippen molar-refractivity contribution in [1.29, 1.82) is 0 Å². The van der Waals surface area contributed by atoms with E-state index in [4.69, 9.17) is 0 Å². The summed E-state index contributed by atoms with van der Waals surface area (Å²) in [5, 5.41) is 3.49. The summed E-state index contributed by atoms with van der Waals surface area (Å²) in [6.45, 7) is 10.1. The Morgan fingerprint density at radius 2 is 2.21 bits per heavy atom. The summed E-state index contributed by atoms with van der Waals surface area (Å²) in [5.41, 5.74) is 1.33. The standard InChI is InChI=1S/C15H24BrN3/c1-11-13(16)5-6-14(18-11)17-10-15(2,3)12-7-8-19(4)9-12/h5-6,12H,7-10H2,1-4H3,(H,17,18). The third-order valence-electron chi connectivity index (χ3n) is 4.24. The van der Waals surface area contributed by atoms with Crippen molar-refractivity contribution in [2.75, 3.05) is 32.0 Å². The van der Waals surface area contributed by atoms with Crippen molar-refractivity contribution in [3.8, 4) is 0 Å². The van der Waals surface area contributed by atoms with Gasteiger partial charge in [0.25, 0.3) is 0 Å². The second kappa shape index (κ2) is 5.80. The van der Waals surface area contributed by atoms with Gasteiger partial charge in [0.1, 0.15) is 5.82 Å². The summed E-state index contributed by atoms with van der Waals surface area (Å²) in [6.07, 6.45) is 1.30. The summed E-state index contributed by atoms with van der Waals surface area (Å²) in [7, 11) is 2.21. The van der Waals surface area contributed by atoms with Crippen LogP contribution in [0.5, 0.6) is 0 Å². The monoisotopic (exact) mass is 325 g/mol. The average Bonchev–Trinajstić information content (AvgIpc) is 2.78. The van der Waals surface area contributed by atoms with Crippen molar-refractivity contribution in [3.63, 3.8) is 0 Å². The van der Waals surface area contributed by atoms with Gasteiger partial charge in [-0.05, 0) is 66.3 Å². The number of likely N-dealkylation sites (tertiary alicyclic amines) is 1. The molecule has 19 heavy (non-hydrogen) atoms. The molecular weight excluding hydrogens is 302 g/mol. The summed E-state index contributed by atoms with van der Waals surface area (Å²) in [6, 6.07) is 4.09. The summed E-state index contributed by atoms with van der Waals surface area (Å²) < 4.78 is 1.06. The molecule has 0 aliphatic carbocycles. The van der Waals surface area contributed by atoms with E-state index in [0.717, 1.165) is 28.4 Å². The molecule has 2 heterocycles. The quantitative estimate of drug-likeness (QED) is 0.917. The zero-order valence-corrected chi connectivity index (χ0v) is 13.9. The van der Waals surface area contributed by atoms with Crippen LogP contribution < -0.4 is 5.32 Å². The average molecular weight is 326 g/mol. The van der Waals surface area contributed by atoms with Crippen LogP contribution in [0.1, 0.15) is 26.0 Å². The molecule has 1 aromatic heterocycles. The zero-order chi connectivity index (χ0) is 14.0. The van der Waals surface area contributed by atoms with Gasteiger partial charge < -0.3 is 10.2 Å². The molecule has 106 valence electrons. The number of nitrogens with zero attached hydrogens (tertiary/aromatic N) is 2. The maximum Gasteiger partial charge on any atom is 0.126 e. The first kappa shape index (κ1) is 14.8. The van der Waals surface area contributed by atoms with Gasteiger partial charge in [-0.1, -0.05) is 13.8 Å². The minimum atomic E-state index is 0.299. The SMILES string of the molecule is Cc1nc(NCC(C)(C)C2CCN(C)C2)ccc1Br. The number of hydrogen-bond donors (Lipinski definition) is 1. The molecule has 4 heteroatoms. The fourth-order valence-corrected chi connectivity index (χ4v) is 2.90. The van der Waals surface area contributed by atoms with Crippen molar-refractivity contribution >= 4 is 21.7 Å². The molecule has 1 saturated heterocycles. The highest BCUT2D eigenvalue weighted by Crippen LogP contribution is 2.34. The van der Waals surface area contributed by atoms with Crippen LogP contribution in [-0.4, -0.2) is 36.6 Å². The fraction of sp³-hybridized carbons (Fsp3) is 0.667. The second-order valence-electron chi connectivity index (χ2n) is 6.35. The normalized spacial score (nSPS) is 20.8. The Morgan fingerprint density at radius 3 is 2.79 bits per heavy atom. The first-order valence-corrected chi connectivity index (χ1v) is 7.73. The Hall–Kier alpha value is -0.610. The predicted octanol–water partition coefficient (Wildman–Crippen LogP) is 3.54. The van der Waals surface area contributed by atoms with E-state index >= 15 is 0 Å². The molecule has 1 fully saturated rings. The van der Waals surface area contributed by atoms with Crippen LogP contribution in [0.4, 0.5) is 5.82 Å². The van der Waals surface area contributed by atoms with Crippen molar-refractivity contribution in [2.45, 2.75) is 27.2 Å². The van der Waals surface area contributed by atoms with Crippen LogP contribution in [0.3, 0.4) is 0 Å². The summed E-state index contributed by atoms with van der Waals surface area (Å²) >= 11 is 3.48. The van der Waals surface area contributed by atoms with Crippen LogP contribution in [-0.2, 0) is 0 Å². The van der Waals surface area contributed by atoms with E-state index in [9.17, 15) is 0 Å². The Balaban J connectivity index is 1.95. The first-order chi connectivity index (χ1) is 8.88. The van der Waals surface area contributed by atoms with Gasteiger partial charge in [-0.25, -0.2) is 4.98 Å². The highest BCUT2D eigenvalue weighted by Gasteiger charge is 2.33. The third kappa shape index (κ3) is 3.69. The number of aromatic nitrogens is 1. The maximum absolute atomic E-state index is 4.55. The number of hydrogen-bond acceptors (Lipinski definition) is 3. The minimum Gasteiger partial charge on any atom is -0.370 e. The van der Waals surface area contributed by atoms with Gasteiger partial charge in [-0.3, -0.25) is 0 Å². The molecule has 0 aromatic carbocycles. The number of halogens is 1. The molecule has 1 atom stereocenters. The van der Waals surface area contributed by atoms with Gasteiger partial charge in [0.05, 0.1) is 5.69 Å². The highest BCUT2D eigenvalue weighted by molar-refractivity contribution is 9.10. The molecule has 1 aliphatic heterocycles. The molecule has 0 spiro atoms. The largest absolute Gasteiger partial charge is 0.370 e. The minimum absolute atomic E-state index is 0.299. The van der Waals surface area contributed by atoms with Crippen LogP contribution in [0.15, 0.2) is 16.6 Å². The van der Waals surface area contributed by atoms with Crippen molar-refractivity contribution in [1.82, 2.24) is 9.88 Å². The van der Waals surface area contributed by atoms with E-state index in [2.05, 4.69) is 58.1 Å². The van der Waals surface area contributed by atoms with E-state index in [-0.39, 0.29) is 0 Å². The lowest BCUT2D eigenvalue weighted by Gasteiger charge is -2.32. The van der Waals surface area contributed by atoms with Gasteiger partial charge >= 0.3 is 0 Å². The molecule has 3 nitrogen and oxygen atoms in total. The molecule has 0 amide bonds. The van der Waals surface area contributed by atoms with Crippen molar-refractivity contribution < 1.29 is 0 Å². The number of rotatable bonds is 4. The van der Waals surface area contributed by atoms with Crippen LogP contribution >= 0.6 is 15.9 Å². The van der Waals surface area contributed by atoms with Crippen molar-refractivity contribution in [3.05, 3.63) is 22.3 Å². The van der Waals surface area contributed by atoms with Gasteiger partial charge in [0.2, 0.25) is 0 Å². The van der Waals surface area contributed by atoms with Gasteiger partial charge in [0, 0.05) is 17.6 Å². The lowest BCUT2D eigenvalue weighted by atomic mass is 9.78. The summed E-state index contributed by atoms with van der Waals surface area (Å²) in [4.78, 5) is 6.97. The Morgan fingerprint density at radius 1 is 1.47 bits per heavy atom. The first-order valence-electron chi connectivity index (χ1n) is 6.94. The van der Waals surface area contributed by atoms with E-state index in [1.54, 1.807) is 0 Å². The maximum atomic E-state index is 4.55. The van der Waals surface area contributed by atoms with Crippen LogP contribution in [0.25, 0.3) is 0 Å². The van der Waals surface area contributed by atoms with Gasteiger partial charge in [-0.15, -0.1) is 0 Å². The number of nitrogens with one attached hydrogen (secondary N) is 1. The molecule has 0 radical (unpaired) electrons. The third-order valence-corrected chi connectivity index (χ3v) is 5.08. The van der Waals surface area contributed by atoms with E-state index in [1.165, 1.54) is 19.5 Å². The molecule has 0 bridgehead atoms. The highest BCUT2D eigenvalue weighted by atomic mass is 79.9. The Labute approximate surface area is 124 Å². The van der Waals surface area contributed by atoms with Gasteiger partial charge in [0.15, 0.2) is 0 Å². The lowest BCUT2D eigenvalue weighted by molar-refractivity contribution is 0.230. The number of aryl methyl sites for hydroxylation is 1. The van der Waals surface area contributed by atoms with Crippen LogP contribution in [0.2, 0.25) is 0 Å². The fourth-order valence-electron chi connectivity index (χ4n) is 2.68. The molecule has 1 N–H and O–H groups in total. The lowest BCUT2D eigenvalue weighted by Crippen LogP contribution is -2.33. The Kier molecular flexibility index (Phi) is 4.51. The topological polar surface area (TPSA) is 28.2 Å². The molecule has 1 aliphatic rings. The molecule has 1 unspecified atom stereocenters. The molecule has 2 rings (SSSR count).